The SMILES string of the molecule is Cn1ncc(C(=O)Nc2ncn(Cc3ccc(F)cc3)n2)c1C(=O)O. The van der Waals surface area contributed by atoms with E-state index in [2.05, 4.69) is 20.5 Å². The van der Waals surface area contributed by atoms with Crippen molar-refractivity contribution in [1.29, 1.82) is 0 Å². The topological polar surface area (TPSA) is 115 Å². The Morgan fingerprint density at radius 1 is 1.28 bits per heavy atom. The zero-order valence-corrected chi connectivity index (χ0v) is 13.0. The highest BCUT2D eigenvalue weighted by molar-refractivity contribution is 6.09. The maximum Gasteiger partial charge on any atom is 0.354 e. The third-order valence-corrected chi connectivity index (χ3v) is 3.41. The molecule has 0 spiro atoms. The molecule has 2 aromatic heterocycles. The van der Waals surface area contributed by atoms with Gasteiger partial charge in [0.1, 0.15) is 12.1 Å². The molecule has 2 N–H and O–H groups in total. The highest BCUT2D eigenvalue weighted by Crippen LogP contribution is 2.10. The molecule has 128 valence electrons. The van der Waals surface area contributed by atoms with Crippen molar-refractivity contribution < 1.29 is 19.1 Å². The number of aromatic carboxylic acids is 1. The lowest BCUT2D eigenvalue weighted by Gasteiger charge is -2.02. The summed E-state index contributed by atoms with van der Waals surface area (Å²) in [7, 11) is 1.43. The predicted octanol–water partition coefficient (Wildman–Crippen LogP) is 1.15. The van der Waals surface area contributed by atoms with Crippen LogP contribution in [0.2, 0.25) is 0 Å². The Bertz CT molecular complexity index is 931. The molecule has 0 saturated carbocycles. The molecule has 2 heterocycles. The van der Waals surface area contributed by atoms with Crippen molar-refractivity contribution in [1.82, 2.24) is 24.5 Å². The van der Waals surface area contributed by atoms with E-state index in [1.165, 1.54) is 30.2 Å². The third-order valence-electron chi connectivity index (χ3n) is 3.41. The number of nitrogens with zero attached hydrogens (tertiary/aromatic N) is 5. The van der Waals surface area contributed by atoms with E-state index in [0.29, 0.717) is 6.54 Å². The summed E-state index contributed by atoms with van der Waals surface area (Å²) >= 11 is 0. The lowest BCUT2D eigenvalue weighted by Crippen LogP contribution is -2.18. The van der Waals surface area contributed by atoms with Gasteiger partial charge in [0.25, 0.3) is 5.91 Å². The van der Waals surface area contributed by atoms with Gasteiger partial charge < -0.3 is 5.11 Å². The minimum Gasteiger partial charge on any atom is -0.477 e. The van der Waals surface area contributed by atoms with Crippen molar-refractivity contribution in [2.24, 2.45) is 7.05 Å². The molecule has 1 aromatic carbocycles. The van der Waals surface area contributed by atoms with E-state index in [1.807, 2.05) is 0 Å². The first-order valence-electron chi connectivity index (χ1n) is 7.14. The Kier molecular flexibility index (Phi) is 4.25. The van der Waals surface area contributed by atoms with Gasteiger partial charge in [0.15, 0.2) is 5.69 Å². The summed E-state index contributed by atoms with van der Waals surface area (Å²) in [6.07, 6.45) is 2.56. The van der Waals surface area contributed by atoms with Crippen molar-refractivity contribution in [2.75, 3.05) is 5.32 Å². The molecule has 25 heavy (non-hydrogen) atoms. The monoisotopic (exact) mass is 344 g/mol. The van der Waals surface area contributed by atoms with E-state index < -0.39 is 11.9 Å². The van der Waals surface area contributed by atoms with Gasteiger partial charge in [-0.05, 0) is 17.7 Å². The smallest absolute Gasteiger partial charge is 0.354 e. The van der Waals surface area contributed by atoms with Crippen LogP contribution in [0.3, 0.4) is 0 Å². The van der Waals surface area contributed by atoms with E-state index in [0.717, 1.165) is 16.4 Å². The molecule has 0 aliphatic heterocycles. The normalized spacial score (nSPS) is 10.6. The second kappa shape index (κ2) is 6.51. The summed E-state index contributed by atoms with van der Waals surface area (Å²) in [5.74, 6) is -2.25. The van der Waals surface area contributed by atoms with Gasteiger partial charge in [-0.2, -0.15) is 5.10 Å². The van der Waals surface area contributed by atoms with Crippen LogP contribution in [-0.4, -0.2) is 41.5 Å². The molecule has 3 rings (SSSR count). The fraction of sp³-hybridized carbons (Fsp3) is 0.133. The van der Waals surface area contributed by atoms with Crippen molar-refractivity contribution in [2.45, 2.75) is 6.54 Å². The van der Waals surface area contributed by atoms with Gasteiger partial charge in [0.2, 0.25) is 5.95 Å². The lowest BCUT2D eigenvalue weighted by molar-refractivity contribution is 0.0680. The van der Waals surface area contributed by atoms with E-state index in [1.54, 1.807) is 12.1 Å². The summed E-state index contributed by atoms with van der Waals surface area (Å²) in [4.78, 5) is 27.3. The molecule has 3 aromatic rings. The Morgan fingerprint density at radius 2 is 2.00 bits per heavy atom. The fourth-order valence-corrected chi connectivity index (χ4v) is 2.23. The molecule has 10 heteroatoms. The van der Waals surface area contributed by atoms with Crippen molar-refractivity contribution in [3.8, 4) is 0 Å². The van der Waals surface area contributed by atoms with Gasteiger partial charge in [-0.1, -0.05) is 12.1 Å². The van der Waals surface area contributed by atoms with Gasteiger partial charge in [-0.25, -0.2) is 18.9 Å². The molecule has 0 aliphatic carbocycles. The number of hydrogen-bond acceptors (Lipinski definition) is 5. The number of carbonyl (C=O) groups excluding carboxylic acids is 1. The van der Waals surface area contributed by atoms with Crippen molar-refractivity contribution in [3.63, 3.8) is 0 Å². The zero-order chi connectivity index (χ0) is 18.0. The van der Waals surface area contributed by atoms with E-state index in [-0.39, 0.29) is 23.0 Å². The highest BCUT2D eigenvalue weighted by Gasteiger charge is 2.22. The molecular weight excluding hydrogens is 331 g/mol. The average molecular weight is 344 g/mol. The van der Waals surface area contributed by atoms with Crippen LogP contribution < -0.4 is 5.32 Å². The number of aryl methyl sites for hydroxylation is 1. The Balaban J connectivity index is 1.72. The molecule has 0 saturated heterocycles. The summed E-state index contributed by atoms with van der Waals surface area (Å²) in [5.41, 5.74) is 0.484. The number of halogens is 1. The maximum atomic E-state index is 12.9. The van der Waals surface area contributed by atoms with Gasteiger partial charge in [0.05, 0.1) is 18.3 Å². The minimum absolute atomic E-state index is 0.0207. The number of amides is 1. The number of carboxylic acids is 1. The Morgan fingerprint density at radius 3 is 2.68 bits per heavy atom. The summed E-state index contributed by atoms with van der Waals surface area (Å²) in [5, 5.41) is 19.4. The molecule has 0 aliphatic rings. The Hall–Kier alpha value is -3.56. The van der Waals surface area contributed by atoms with Crippen LogP contribution in [0.25, 0.3) is 0 Å². The minimum atomic E-state index is -1.26. The number of rotatable bonds is 5. The van der Waals surface area contributed by atoms with Crippen LogP contribution in [0.1, 0.15) is 26.4 Å². The largest absolute Gasteiger partial charge is 0.477 e. The second-order valence-electron chi connectivity index (χ2n) is 5.18. The van der Waals surface area contributed by atoms with Crippen LogP contribution in [-0.2, 0) is 13.6 Å². The number of benzene rings is 1. The first-order chi connectivity index (χ1) is 11.9. The summed E-state index contributed by atoms with van der Waals surface area (Å²) < 4.78 is 15.5. The number of anilines is 1. The first-order valence-corrected chi connectivity index (χ1v) is 7.14. The van der Waals surface area contributed by atoms with Crippen molar-refractivity contribution in [3.05, 3.63) is 59.4 Å². The summed E-state index contributed by atoms with van der Waals surface area (Å²) in [6.45, 7) is 0.344. The number of hydrogen-bond donors (Lipinski definition) is 2. The lowest BCUT2D eigenvalue weighted by atomic mass is 10.2. The summed E-state index contributed by atoms with van der Waals surface area (Å²) in [6, 6.07) is 5.91. The maximum absolute atomic E-state index is 12.9. The Labute approximate surface area is 140 Å². The van der Waals surface area contributed by atoms with Crippen LogP contribution in [0.5, 0.6) is 0 Å². The van der Waals surface area contributed by atoms with Gasteiger partial charge in [0, 0.05) is 7.05 Å². The number of nitrogens with one attached hydrogen (secondary N) is 1. The molecule has 0 bridgehead atoms. The predicted molar refractivity (Wildman–Crippen MR) is 83.6 cm³/mol. The first kappa shape index (κ1) is 16.3. The average Bonchev–Trinajstić information content (AvgIpc) is 3.16. The van der Waals surface area contributed by atoms with Crippen LogP contribution in [0.15, 0.2) is 36.8 Å². The molecule has 0 atom stereocenters. The number of aromatic nitrogens is 5. The quantitative estimate of drug-likeness (QED) is 0.717. The molecular formula is C15H13FN6O3. The van der Waals surface area contributed by atoms with Crippen LogP contribution in [0, 0.1) is 5.82 Å². The highest BCUT2D eigenvalue weighted by atomic mass is 19.1. The van der Waals surface area contributed by atoms with Gasteiger partial charge >= 0.3 is 5.97 Å². The molecule has 0 unspecified atom stereocenters. The third kappa shape index (κ3) is 3.52. The molecule has 0 fully saturated rings. The molecule has 9 nitrogen and oxygen atoms in total. The van der Waals surface area contributed by atoms with E-state index in [4.69, 9.17) is 5.11 Å². The van der Waals surface area contributed by atoms with Crippen LogP contribution >= 0.6 is 0 Å². The second-order valence-corrected chi connectivity index (χ2v) is 5.18. The van der Waals surface area contributed by atoms with Gasteiger partial charge in [-0.3, -0.25) is 14.8 Å². The van der Waals surface area contributed by atoms with E-state index in [9.17, 15) is 14.0 Å². The molecule has 1 amide bonds. The van der Waals surface area contributed by atoms with E-state index >= 15 is 0 Å². The standard InChI is InChI=1S/C15H13FN6O3/c1-21-12(14(24)25)11(6-18-21)13(23)19-15-17-8-22(20-15)7-9-2-4-10(16)5-3-9/h2-6,8H,7H2,1H3,(H,24,25)(H,19,20,23). The fourth-order valence-electron chi connectivity index (χ4n) is 2.23. The zero-order valence-electron chi connectivity index (χ0n) is 13.0. The number of carbonyl (C=O) groups is 2. The number of carboxylic acid groups (broad SMARTS) is 1. The van der Waals surface area contributed by atoms with Gasteiger partial charge in [-0.15, -0.1) is 5.10 Å². The molecule has 0 radical (unpaired) electrons. The van der Waals surface area contributed by atoms with Crippen molar-refractivity contribution >= 4 is 17.8 Å². The van der Waals surface area contributed by atoms with Crippen LogP contribution in [0.4, 0.5) is 10.3 Å².